The monoisotopic (exact) mass is 268 g/mol. The van der Waals surface area contributed by atoms with Crippen molar-refractivity contribution in [1.29, 1.82) is 0 Å². The molecule has 19 heavy (non-hydrogen) atoms. The van der Waals surface area contributed by atoms with E-state index >= 15 is 0 Å². The van der Waals surface area contributed by atoms with Gasteiger partial charge in [-0.2, -0.15) is 8.78 Å². The van der Waals surface area contributed by atoms with E-state index in [9.17, 15) is 8.78 Å². The molecule has 1 nitrogen and oxygen atoms in total. The van der Waals surface area contributed by atoms with Crippen LogP contribution in [0.1, 0.15) is 33.1 Å². The third kappa shape index (κ3) is 6.37. The van der Waals surface area contributed by atoms with Crippen LogP contribution in [-0.2, 0) is 0 Å². The third-order valence-corrected chi connectivity index (χ3v) is 2.97. The van der Waals surface area contributed by atoms with Crippen LogP contribution in [0, 0.1) is 5.92 Å². The van der Waals surface area contributed by atoms with E-state index in [1.807, 2.05) is 13.0 Å². The van der Waals surface area contributed by atoms with Gasteiger partial charge in [0.1, 0.15) is 5.75 Å². The van der Waals surface area contributed by atoms with Gasteiger partial charge in [0.15, 0.2) is 6.61 Å². The molecular weight excluding hydrogens is 246 g/mol. The van der Waals surface area contributed by atoms with Crippen molar-refractivity contribution in [3.8, 4) is 5.75 Å². The lowest BCUT2D eigenvalue weighted by atomic mass is 10.00. The Bertz CT molecular complexity index is 374. The molecule has 0 fully saturated rings. The minimum atomic E-state index is -2.92. The van der Waals surface area contributed by atoms with Crippen LogP contribution in [0.5, 0.6) is 5.75 Å². The maximum atomic E-state index is 13.6. The van der Waals surface area contributed by atoms with Crippen LogP contribution in [0.2, 0.25) is 0 Å². The standard InChI is InChI=1S/C16H22F2O/c1-3-8-14(4-2)11-12-16(17,18)13-19-15-9-6-5-7-10-15/h5-7,9-12,14H,3-4,8,13H2,1-2H3/b12-11+. The molecular formula is C16H22F2O. The van der Waals surface area contributed by atoms with Gasteiger partial charge in [-0.1, -0.05) is 44.5 Å². The van der Waals surface area contributed by atoms with Crippen LogP contribution in [0.25, 0.3) is 0 Å². The highest BCUT2D eigenvalue weighted by Crippen LogP contribution is 2.21. The minimum absolute atomic E-state index is 0.229. The second-order valence-electron chi connectivity index (χ2n) is 4.68. The minimum Gasteiger partial charge on any atom is -0.487 e. The van der Waals surface area contributed by atoms with Gasteiger partial charge >= 0.3 is 0 Å². The van der Waals surface area contributed by atoms with Crippen LogP contribution in [0.4, 0.5) is 8.78 Å². The van der Waals surface area contributed by atoms with Crippen molar-refractivity contribution in [2.24, 2.45) is 5.92 Å². The molecule has 0 bridgehead atoms. The zero-order valence-corrected chi connectivity index (χ0v) is 11.6. The van der Waals surface area contributed by atoms with Crippen LogP contribution in [-0.4, -0.2) is 12.5 Å². The number of allylic oxidation sites excluding steroid dienone is 1. The van der Waals surface area contributed by atoms with Crippen molar-refractivity contribution in [2.45, 2.75) is 39.0 Å². The molecule has 1 unspecified atom stereocenters. The fraction of sp³-hybridized carbons (Fsp3) is 0.500. The summed E-state index contributed by atoms with van der Waals surface area (Å²) in [4.78, 5) is 0. The quantitative estimate of drug-likeness (QED) is 0.597. The van der Waals surface area contributed by atoms with Gasteiger partial charge < -0.3 is 4.74 Å². The number of halogens is 2. The molecule has 1 aromatic rings. The van der Waals surface area contributed by atoms with Gasteiger partial charge in [0.05, 0.1) is 0 Å². The van der Waals surface area contributed by atoms with Gasteiger partial charge in [-0.15, -0.1) is 0 Å². The van der Waals surface area contributed by atoms with E-state index < -0.39 is 12.5 Å². The largest absolute Gasteiger partial charge is 0.487 e. The molecule has 0 aliphatic carbocycles. The van der Waals surface area contributed by atoms with Crippen molar-refractivity contribution in [3.05, 3.63) is 42.5 Å². The van der Waals surface area contributed by atoms with E-state index in [0.717, 1.165) is 25.3 Å². The van der Waals surface area contributed by atoms with Crippen molar-refractivity contribution in [2.75, 3.05) is 6.61 Å². The smallest absolute Gasteiger partial charge is 0.299 e. The summed E-state index contributed by atoms with van der Waals surface area (Å²) in [6, 6.07) is 8.69. The van der Waals surface area contributed by atoms with Crippen molar-refractivity contribution in [3.63, 3.8) is 0 Å². The Morgan fingerprint density at radius 2 is 1.89 bits per heavy atom. The molecule has 0 aromatic heterocycles. The van der Waals surface area contributed by atoms with Gasteiger partial charge in [-0.25, -0.2) is 0 Å². The summed E-state index contributed by atoms with van der Waals surface area (Å²) in [5.41, 5.74) is 0. The molecule has 0 N–H and O–H groups in total. The van der Waals surface area contributed by atoms with Crippen molar-refractivity contribution < 1.29 is 13.5 Å². The molecule has 0 aliphatic rings. The Morgan fingerprint density at radius 1 is 1.21 bits per heavy atom. The number of hydrogen-bond donors (Lipinski definition) is 0. The van der Waals surface area contributed by atoms with Crippen LogP contribution < -0.4 is 4.74 Å². The van der Waals surface area contributed by atoms with E-state index in [1.54, 1.807) is 30.3 Å². The summed E-state index contributed by atoms with van der Waals surface area (Å²) < 4.78 is 32.4. The first-order valence-electron chi connectivity index (χ1n) is 6.82. The first kappa shape index (κ1) is 15.7. The Balaban J connectivity index is 2.48. The van der Waals surface area contributed by atoms with Gasteiger partial charge in [0.2, 0.25) is 0 Å². The predicted octanol–water partition coefficient (Wildman–Crippen LogP) is 5.08. The van der Waals surface area contributed by atoms with Gasteiger partial charge in [-0.05, 0) is 37.0 Å². The second kappa shape index (κ2) is 7.93. The maximum Gasteiger partial charge on any atom is 0.299 e. The lowest BCUT2D eigenvalue weighted by Gasteiger charge is -2.15. The summed E-state index contributed by atoms with van der Waals surface area (Å²) in [6.07, 6.45) is 5.45. The molecule has 106 valence electrons. The van der Waals surface area contributed by atoms with Crippen molar-refractivity contribution in [1.82, 2.24) is 0 Å². The lowest BCUT2D eigenvalue weighted by Crippen LogP contribution is -2.23. The molecule has 0 heterocycles. The highest BCUT2D eigenvalue weighted by Gasteiger charge is 2.26. The number of benzene rings is 1. The van der Waals surface area contributed by atoms with E-state index in [2.05, 4.69) is 6.92 Å². The Hall–Kier alpha value is -1.38. The van der Waals surface area contributed by atoms with Crippen LogP contribution >= 0.6 is 0 Å². The van der Waals surface area contributed by atoms with E-state index in [1.165, 1.54) is 0 Å². The Kier molecular flexibility index (Phi) is 6.54. The number of para-hydroxylation sites is 1. The fourth-order valence-electron chi connectivity index (χ4n) is 1.83. The maximum absolute atomic E-state index is 13.6. The molecule has 0 saturated carbocycles. The Labute approximate surface area is 114 Å². The van der Waals surface area contributed by atoms with E-state index in [-0.39, 0.29) is 5.92 Å². The normalized spacial score (nSPS) is 13.7. The summed E-state index contributed by atoms with van der Waals surface area (Å²) >= 11 is 0. The van der Waals surface area contributed by atoms with E-state index in [4.69, 9.17) is 4.74 Å². The van der Waals surface area contributed by atoms with Crippen LogP contribution in [0.15, 0.2) is 42.5 Å². The molecule has 0 radical (unpaired) electrons. The molecule has 3 heteroatoms. The zero-order valence-electron chi connectivity index (χ0n) is 11.6. The fourth-order valence-corrected chi connectivity index (χ4v) is 1.83. The van der Waals surface area contributed by atoms with E-state index in [0.29, 0.717) is 5.75 Å². The summed E-state index contributed by atoms with van der Waals surface area (Å²) in [5, 5.41) is 0. The predicted molar refractivity (Wildman–Crippen MR) is 74.7 cm³/mol. The average Bonchev–Trinajstić information content (AvgIpc) is 2.42. The summed E-state index contributed by atoms with van der Waals surface area (Å²) in [7, 11) is 0. The second-order valence-corrected chi connectivity index (χ2v) is 4.68. The first-order chi connectivity index (χ1) is 9.07. The molecule has 1 atom stereocenters. The number of hydrogen-bond acceptors (Lipinski definition) is 1. The van der Waals surface area contributed by atoms with Gasteiger partial charge in [-0.3, -0.25) is 0 Å². The van der Waals surface area contributed by atoms with Gasteiger partial charge in [0.25, 0.3) is 5.92 Å². The van der Waals surface area contributed by atoms with Gasteiger partial charge in [0, 0.05) is 0 Å². The molecule has 0 amide bonds. The van der Waals surface area contributed by atoms with Crippen LogP contribution in [0.3, 0.4) is 0 Å². The first-order valence-corrected chi connectivity index (χ1v) is 6.82. The molecule has 0 aliphatic heterocycles. The summed E-state index contributed by atoms with van der Waals surface area (Å²) in [6.45, 7) is 3.46. The molecule has 0 saturated heterocycles. The highest BCUT2D eigenvalue weighted by atomic mass is 19.3. The third-order valence-electron chi connectivity index (χ3n) is 2.97. The number of alkyl halides is 2. The number of ether oxygens (including phenoxy) is 1. The lowest BCUT2D eigenvalue weighted by molar-refractivity contribution is 0.00461. The zero-order chi connectivity index (χ0) is 14.1. The highest BCUT2D eigenvalue weighted by molar-refractivity contribution is 5.21. The molecule has 0 spiro atoms. The molecule has 1 rings (SSSR count). The van der Waals surface area contributed by atoms with Crippen molar-refractivity contribution >= 4 is 0 Å². The Morgan fingerprint density at radius 3 is 2.47 bits per heavy atom. The average molecular weight is 268 g/mol. The topological polar surface area (TPSA) is 9.23 Å². The summed E-state index contributed by atoms with van der Waals surface area (Å²) in [5.74, 6) is -2.22. The SMILES string of the molecule is CCCC(/C=C/C(F)(F)COc1ccccc1)CC. The molecule has 1 aromatic carbocycles. The number of rotatable bonds is 8.